The van der Waals surface area contributed by atoms with E-state index < -0.39 is 16.1 Å². The molecule has 1 aromatic rings. The summed E-state index contributed by atoms with van der Waals surface area (Å²) >= 11 is 0. The number of aromatic nitrogens is 1. The van der Waals surface area contributed by atoms with Crippen LogP contribution in [0.1, 0.15) is 38.2 Å². The molecule has 2 aliphatic rings. The van der Waals surface area contributed by atoms with Gasteiger partial charge in [0.25, 0.3) is 0 Å². The Kier molecular flexibility index (Phi) is 7.48. The Morgan fingerprint density at radius 1 is 1.21 bits per heavy atom. The van der Waals surface area contributed by atoms with Gasteiger partial charge in [0.2, 0.25) is 15.9 Å². The highest BCUT2D eigenvalue weighted by Crippen LogP contribution is 2.22. The van der Waals surface area contributed by atoms with Gasteiger partial charge in [0, 0.05) is 45.5 Å². The lowest BCUT2D eigenvalue weighted by Gasteiger charge is -2.34. The largest absolute Gasteiger partial charge is 0.354 e. The molecular formula is C20H33N5O3S. The van der Waals surface area contributed by atoms with E-state index in [0.717, 1.165) is 50.4 Å². The molecule has 0 saturated carbocycles. The Bertz CT molecular complexity index is 793. The monoisotopic (exact) mass is 423 g/mol. The Balaban J connectivity index is 1.61. The van der Waals surface area contributed by atoms with Crippen LogP contribution in [0, 0.1) is 0 Å². The molecule has 1 unspecified atom stereocenters. The molecule has 2 saturated heterocycles. The fraction of sp³-hybridized carbons (Fsp3) is 0.700. The van der Waals surface area contributed by atoms with Crippen molar-refractivity contribution in [3.63, 3.8) is 0 Å². The van der Waals surface area contributed by atoms with Gasteiger partial charge >= 0.3 is 0 Å². The predicted octanol–water partition coefficient (Wildman–Crippen LogP) is 1.04. The minimum atomic E-state index is -3.38. The number of nitrogens with one attached hydrogen (secondary N) is 1. The average molecular weight is 424 g/mol. The van der Waals surface area contributed by atoms with Crippen LogP contribution in [0.4, 0.5) is 5.82 Å². The zero-order valence-corrected chi connectivity index (χ0v) is 18.3. The van der Waals surface area contributed by atoms with E-state index in [0.29, 0.717) is 25.9 Å². The van der Waals surface area contributed by atoms with Gasteiger partial charge in [0.1, 0.15) is 11.9 Å². The van der Waals surface area contributed by atoms with E-state index in [2.05, 4.69) is 27.1 Å². The molecule has 0 aliphatic carbocycles. The number of amides is 1. The van der Waals surface area contributed by atoms with Crippen LogP contribution in [-0.2, 0) is 21.4 Å². The number of likely N-dealkylation sites (N-methyl/N-ethyl adjacent to an activating group) is 1. The minimum Gasteiger partial charge on any atom is -0.354 e. The van der Waals surface area contributed by atoms with E-state index in [9.17, 15) is 13.2 Å². The molecule has 3 heterocycles. The molecule has 0 spiro atoms. The number of nitrogens with zero attached hydrogens (tertiary/aromatic N) is 4. The molecule has 0 radical (unpaired) electrons. The van der Waals surface area contributed by atoms with Crippen LogP contribution in [0.15, 0.2) is 18.3 Å². The summed E-state index contributed by atoms with van der Waals surface area (Å²) in [5.74, 6) is 0.812. The number of piperazine rings is 1. The predicted molar refractivity (Wildman–Crippen MR) is 114 cm³/mol. The number of hydrogen-bond donors (Lipinski definition) is 1. The quantitative estimate of drug-likeness (QED) is 0.705. The van der Waals surface area contributed by atoms with E-state index in [1.54, 1.807) is 6.20 Å². The molecule has 3 rings (SSSR count). The lowest BCUT2D eigenvalue weighted by atomic mass is 10.0. The Morgan fingerprint density at radius 2 is 1.97 bits per heavy atom. The van der Waals surface area contributed by atoms with Crippen LogP contribution in [0.3, 0.4) is 0 Å². The van der Waals surface area contributed by atoms with Crippen molar-refractivity contribution in [1.82, 2.24) is 19.5 Å². The maximum atomic E-state index is 12.8. The number of anilines is 1. The van der Waals surface area contributed by atoms with Gasteiger partial charge in [0.15, 0.2) is 0 Å². The van der Waals surface area contributed by atoms with Crippen molar-refractivity contribution in [2.45, 2.75) is 45.2 Å². The van der Waals surface area contributed by atoms with Gasteiger partial charge in [-0.3, -0.25) is 4.79 Å². The van der Waals surface area contributed by atoms with Crippen molar-refractivity contribution in [3.05, 3.63) is 23.9 Å². The first-order valence-electron chi connectivity index (χ1n) is 10.6. The van der Waals surface area contributed by atoms with Crippen molar-refractivity contribution >= 4 is 21.7 Å². The molecule has 1 atom stereocenters. The molecule has 0 bridgehead atoms. The summed E-state index contributed by atoms with van der Waals surface area (Å²) in [5.41, 5.74) is 0.973. The molecule has 29 heavy (non-hydrogen) atoms. The normalized spacial score (nSPS) is 21.9. The molecule has 1 aromatic heterocycles. The minimum absolute atomic E-state index is 0.0928. The second kappa shape index (κ2) is 9.86. The van der Waals surface area contributed by atoms with Crippen LogP contribution < -0.4 is 10.2 Å². The SMILES string of the molecule is CCCS(=O)(=O)N1CCCCC1C(=O)NCc1ccnc(N2CCN(C)CC2)c1. The summed E-state index contributed by atoms with van der Waals surface area (Å²) in [4.78, 5) is 21.8. The second-order valence-electron chi connectivity index (χ2n) is 7.97. The fourth-order valence-electron chi connectivity index (χ4n) is 3.96. The Labute approximate surface area is 174 Å². The second-order valence-corrected chi connectivity index (χ2v) is 10.0. The van der Waals surface area contributed by atoms with Crippen LogP contribution in [-0.4, -0.2) is 80.1 Å². The van der Waals surface area contributed by atoms with E-state index >= 15 is 0 Å². The van der Waals surface area contributed by atoms with E-state index in [1.165, 1.54) is 4.31 Å². The first-order chi connectivity index (χ1) is 13.9. The van der Waals surface area contributed by atoms with Gasteiger partial charge in [-0.05, 0) is 44.0 Å². The van der Waals surface area contributed by atoms with Gasteiger partial charge in [-0.15, -0.1) is 0 Å². The standard InChI is InChI=1S/C20H33N5O3S/c1-3-14-29(27,28)25-9-5-4-6-18(25)20(26)22-16-17-7-8-21-19(15-17)24-12-10-23(2)11-13-24/h7-8,15,18H,3-6,9-14,16H2,1-2H3,(H,22,26). The van der Waals surface area contributed by atoms with Gasteiger partial charge in [-0.25, -0.2) is 13.4 Å². The number of pyridine rings is 1. The average Bonchev–Trinajstić information content (AvgIpc) is 2.73. The van der Waals surface area contributed by atoms with Crippen LogP contribution >= 0.6 is 0 Å². The lowest BCUT2D eigenvalue weighted by molar-refractivity contribution is -0.125. The van der Waals surface area contributed by atoms with E-state index in [1.807, 2.05) is 19.1 Å². The highest BCUT2D eigenvalue weighted by molar-refractivity contribution is 7.89. The first kappa shape index (κ1) is 22.0. The molecule has 8 nitrogen and oxygen atoms in total. The maximum absolute atomic E-state index is 12.8. The van der Waals surface area contributed by atoms with E-state index in [4.69, 9.17) is 0 Å². The summed E-state index contributed by atoms with van der Waals surface area (Å²) in [6, 6.07) is 3.31. The molecule has 2 aliphatic heterocycles. The highest BCUT2D eigenvalue weighted by atomic mass is 32.2. The molecule has 1 amide bonds. The molecule has 162 valence electrons. The van der Waals surface area contributed by atoms with Gasteiger partial charge in [-0.2, -0.15) is 4.31 Å². The van der Waals surface area contributed by atoms with Crippen LogP contribution in [0.2, 0.25) is 0 Å². The van der Waals surface area contributed by atoms with E-state index in [-0.39, 0.29) is 11.7 Å². The third kappa shape index (κ3) is 5.67. The third-order valence-corrected chi connectivity index (χ3v) is 7.76. The van der Waals surface area contributed by atoms with Gasteiger partial charge in [-0.1, -0.05) is 13.3 Å². The van der Waals surface area contributed by atoms with Gasteiger partial charge in [0.05, 0.1) is 5.75 Å². The summed E-state index contributed by atoms with van der Waals surface area (Å²) < 4.78 is 26.5. The summed E-state index contributed by atoms with van der Waals surface area (Å²) in [6.07, 6.45) is 4.59. The third-order valence-electron chi connectivity index (χ3n) is 5.68. The number of piperidine rings is 1. The van der Waals surface area contributed by atoms with Crippen molar-refractivity contribution in [1.29, 1.82) is 0 Å². The zero-order valence-electron chi connectivity index (χ0n) is 17.5. The summed E-state index contributed by atoms with van der Waals surface area (Å²) in [6.45, 7) is 6.54. The molecule has 2 fully saturated rings. The smallest absolute Gasteiger partial charge is 0.238 e. The van der Waals surface area contributed by atoms with Gasteiger partial charge < -0.3 is 15.1 Å². The van der Waals surface area contributed by atoms with Crippen molar-refractivity contribution in [2.24, 2.45) is 0 Å². The van der Waals surface area contributed by atoms with Crippen molar-refractivity contribution < 1.29 is 13.2 Å². The highest BCUT2D eigenvalue weighted by Gasteiger charge is 2.36. The first-order valence-corrected chi connectivity index (χ1v) is 12.2. The summed E-state index contributed by atoms with van der Waals surface area (Å²) in [5, 5.41) is 2.95. The maximum Gasteiger partial charge on any atom is 0.238 e. The lowest BCUT2D eigenvalue weighted by Crippen LogP contribution is -2.52. The van der Waals surface area contributed by atoms with Crippen LogP contribution in [0.5, 0.6) is 0 Å². The number of rotatable bonds is 7. The number of carbonyl (C=O) groups is 1. The van der Waals surface area contributed by atoms with Crippen molar-refractivity contribution in [2.75, 3.05) is 50.4 Å². The zero-order chi connectivity index (χ0) is 20.9. The molecule has 0 aromatic carbocycles. The fourth-order valence-corrected chi connectivity index (χ4v) is 5.71. The summed E-state index contributed by atoms with van der Waals surface area (Å²) in [7, 11) is -1.27. The molecule has 1 N–H and O–H groups in total. The number of sulfonamides is 1. The molecular weight excluding hydrogens is 390 g/mol. The van der Waals surface area contributed by atoms with Crippen molar-refractivity contribution in [3.8, 4) is 0 Å². The molecule has 9 heteroatoms. The Morgan fingerprint density at radius 3 is 2.69 bits per heavy atom. The topological polar surface area (TPSA) is 85.8 Å². The van der Waals surface area contributed by atoms with Crippen LogP contribution in [0.25, 0.3) is 0 Å². The Hall–Kier alpha value is -1.71. The number of hydrogen-bond acceptors (Lipinski definition) is 6. The number of carbonyl (C=O) groups excluding carboxylic acids is 1.